The molecule has 0 unspecified atom stereocenters. The van der Waals surface area contributed by atoms with Gasteiger partial charge >= 0.3 is 0 Å². The van der Waals surface area contributed by atoms with Crippen molar-refractivity contribution in [2.75, 3.05) is 6.54 Å². The molecule has 2 heterocycles. The zero-order chi connectivity index (χ0) is 17.1. The summed E-state index contributed by atoms with van der Waals surface area (Å²) in [4.78, 5) is 15.0. The minimum Gasteiger partial charge on any atom is -0.508 e. The van der Waals surface area contributed by atoms with Crippen LogP contribution in [0.3, 0.4) is 0 Å². The third kappa shape index (κ3) is 3.61. The summed E-state index contributed by atoms with van der Waals surface area (Å²) in [7, 11) is 1.85. The van der Waals surface area contributed by atoms with Gasteiger partial charge in [0.05, 0.1) is 11.3 Å². The Morgan fingerprint density at radius 2 is 2.04 bits per heavy atom. The Bertz CT molecular complexity index is 706. The normalized spacial score (nSPS) is 17.9. The van der Waals surface area contributed by atoms with E-state index in [1.165, 1.54) is 12.0 Å². The second-order valence-electron chi connectivity index (χ2n) is 6.66. The lowest BCUT2D eigenvalue weighted by Crippen LogP contribution is -2.44. The second kappa shape index (κ2) is 7.07. The number of phenolic OH excluding ortho intramolecular Hbond substituents is 1. The van der Waals surface area contributed by atoms with E-state index in [-0.39, 0.29) is 11.9 Å². The number of nitrogens with zero attached hydrogens (tertiary/aromatic N) is 3. The molecule has 1 aliphatic heterocycles. The smallest absolute Gasteiger partial charge is 0.257 e. The SMILES string of the molecule is Cc1nn(C)cc1C(=O)N1CCCC[C@H]1CCc1ccc(O)cc1. The van der Waals surface area contributed by atoms with E-state index in [2.05, 4.69) is 5.10 Å². The molecule has 1 aromatic carbocycles. The molecular formula is C19H25N3O2. The van der Waals surface area contributed by atoms with Crippen LogP contribution in [-0.4, -0.2) is 38.3 Å². The predicted molar refractivity (Wildman–Crippen MR) is 93.0 cm³/mol. The van der Waals surface area contributed by atoms with Crippen LogP contribution in [0, 0.1) is 6.92 Å². The van der Waals surface area contributed by atoms with Gasteiger partial charge in [0.1, 0.15) is 5.75 Å². The lowest BCUT2D eigenvalue weighted by molar-refractivity contribution is 0.0601. The van der Waals surface area contributed by atoms with Gasteiger partial charge in [-0.15, -0.1) is 0 Å². The number of piperidine rings is 1. The molecule has 5 nitrogen and oxygen atoms in total. The number of amides is 1. The quantitative estimate of drug-likeness (QED) is 0.939. The van der Waals surface area contributed by atoms with E-state index < -0.39 is 0 Å². The van der Waals surface area contributed by atoms with Crippen molar-refractivity contribution in [3.05, 3.63) is 47.3 Å². The summed E-state index contributed by atoms with van der Waals surface area (Å²) in [5.41, 5.74) is 2.71. The van der Waals surface area contributed by atoms with Crippen molar-refractivity contribution in [3.63, 3.8) is 0 Å². The average Bonchev–Trinajstić information content (AvgIpc) is 2.92. The van der Waals surface area contributed by atoms with Gasteiger partial charge in [-0.25, -0.2) is 0 Å². The molecule has 0 radical (unpaired) electrons. The van der Waals surface area contributed by atoms with Crippen LogP contribution in [-0.2, 0) is 13.5 Å². The standard InChI is InChI=1S/C19H25N3O2/c1-14-18(13-21(2)20-14)19(24)22-12-4-3-5-16(22)9-6-15-7-10-17(23)11-8-15/h7-8,10-11,13,16,23H,3-6,9,12H2,1-2H3/t16-/m0/s1. The number of rotatable bonds is 4. The Hall–Kier alpha value is -2.30. The van der Waals surface area contributed by atoms with E-state index in [9.17, 15) is 9.90 Å². The minimum absolute atomic E-state index is 0.107. The maximum absolute atomic E-state index is 12.9. The minimum atomic E-state index is 0.107. The Balaban J connectivity index is 1.70. The van der Waals surface area contributed by atoms with Crippen molar-refractivity contribution in [3.8, 4) is 5.75 Å². The van der Waals surface area contributed by atoms with Crippen LogP contribution in [0.2, 0.25) is 0 Å². The third-order valence-corrected chi connectivity index (χ3v) is 4.83. The highest BCUT2D eigenvalue weighted by Gasteiger charge is 2.28. The maximum Gasteiger partial charge on any atom is 0.257 e. The van der Waals surface area contributed by atoms with Gasteiger partial charge in [0.15, 0.2) is 0 Å². The first-order chi connectivity index (χ1) is 11.5. The van der Waals surface area contributed by atoms with E-state index in [0.717, 1.165) is 37.9 Å². The molecule has 1 aromatic heterocycles. The van der Waals surface area contributed by atoms with Crippen molar-refractivity contribution in [2.24, 2.45) is 7.05 Å². The van der Waals surface area contributed by atoms with Crippen molar-refractivity contribution in [1.82, 2.24) is 14.7 Å². The molecule has 1 N–H and O–H groups in total. The molecule has 2 aromatic rings. The summed E-state index contributed by atoms with van der Waals surface area (Å²) in [6.45, 7) is 2.72. The molecule has 1 aliphatic rings. The molecule has 0 spiro atoms. The molecule has 1 fully saturated rings. The summed E-state index contributed by atoms with van der Waals surface area (Å²) in [6, 6.07) is 7.63. The van der Waals surface area contributed by atoms with Gasteiger partial charge in [0.25, 0.3) is 5.91 Å². The number of benzene rings is 1. The van der Waals surface area contributed by atoms with Crippen molar-refractivity contribution in [2.45, 2.75) is 45.1 Å². The van der Waals surface area contributed by atoms with E-state index in [0.29, 0.717) is 11.3 Å². The van der Waals surface area contributed by atoms with Gasteiger partial charge in [-0.3, -0.25) is 9.48 Å². The first-order valence-electron chi connectivity index (χ1n) is 8.63. The molecule has 1 saturated heterocycles. The van der Waals surface area contributed by atoms with Crippen LogP contribution in [0.1, 0.15) is 47.3 Å². The van der Waals surface area contributed by atoms with Gasteiger partial charge in [-0.2, -0.15) is 5.10 Å². The molecule has 0 bridgehead atoms. The van der Waals surface area contributed by atoms with Crippen molar-refractivity contribution < 1.29 is 9.90 Å². The van der Waals surface area contributed by atoms with E-state index >= 15 is 0 Å². The number of carbonyl (C=O) groups excluding carboxylic acids is 1. The summed E-state index contributed by atoms with van der Waals surface area (Å²) in [6.07, 6.45) is 7.00. The molecule has 5 heteroatoms. The number of aryl methyl sites for hydroxylation is 3. The van der Waals surface area contributed by atoms with Crippen LogP contribution >= 0.6 is 0 Å². The first-order valence-corrected chi connectivity index (χ1v) is 8.63. The monoisotopic (exact) mass is 327 g/mol. The summed E-state index contributed by atoms with van der Waals surface area (Å²) in [5.74, 6) is 0.399. The molecule has 0 saturated carbocycles. The fourth-order valence-electron chi connectivity index (χ4n) is 3.53. The topological polar surface area (TPSA) is 58.4 Å². The zero-order valence-corrected chi connectivity index (χ0v) is 14.4. The van der Waals surface area contributed by atoms with E-state index in [1.54, 1.807) is 16.8 Å². The van der Waals surface area contributed by atoms with E-state index in [1.807, 2.05) is 37.2 Å². The summed E-state index contributed by atoms with van der Waals surface area (Å²) < 4.78 is 1.71. The van der Waals surface area contributed by atoms with E-state index in [4.69, 9.17) is 0 Å². The Kier molecular flexibility index (Phi) is 4.88. The number of carbonyl (C=O) groups is 1. The molecule has 128 valence electrons. The third-order valence-electron chi connectivity index (χ3n) is 4.83. The van der Waals surface area contributed by atoms with Crippen LogP contribution < -0.4 is 0 Å². The fraction of sp³-hybridized carbons (Fsp3) is 0.474. The van der Waals surface area contributed by atoms with Gasteiger partial charge in [-0.1, -0.05) is 12.1 Å². The number of likely N-dealkylation sites (tertiary alicyclic amines) is 1. The molecule has 24 heavy (non-hydrogen) atoms. The van der Waals surface area contributed by atoms with Crippen LogP contribution in [0.15, 0.2) is 30.5 Å². The maximum atomic E-state index is 12.9. The van der Waals surface area contributed by atoms with Crippen molar-refractivity contribution in [1.29, 1.82) is 0 Å². The number of aromatic hydroxyl groups is 1. The number of hydrogen-bond acceptors (Lipinski definition) is 3. The highest BCUT2D eigenvalue weighted by atomic mass is 16.3. The predicted octanol–water partition coefficient (Wildman–Crippen LogP) is 3.06. The Morgan fingerprint density at radius 1 is 1.29 bits per heavy atom. The molecular weight excluding hydrogens is 302 g/mol. The fourth-order valence-corrected chi connectivity index (χ4v) is 3.53. The molecule has 3 rings (SSSR count). The van der Waals surface area contributed by atoms with Gasteiger partial charge in [0, 0.05) is 25.8 Å². The zero-order valence-electron chi connectivity index (χ0n) is 14.4. The lowest BCUT2D eigenvalue weighted by Gasteiger charge is -2.36. The second-order valence-corrected chi connectivity index (χ2v) is 6.66. The largest absolute Gasteiger partial charge is 0.508 e. The highest BCUT2D eigenvalue weighted by molar-refractivity contribution is 5.95. The average molecular weight is 327 g/mol. The summed E-state index contributed by atoms with van der Waals surface area (Å²) >= 11 is 0. The number of aromatic nitrogens is 2. The van der Waals surface area contributed by atoms with Crippen LogP contribution in [0.4, 0.5) is 0 Å². The number of hydrogen-bond donors (Lipinski definition) is 1. The molecule has 1 atom stereocenters. The highest BCUT2D eigenvalue weighted by Crippen LogP contribution is 2.24. The lowest BCUT2D eigenvalue weighted by atomic mass is 9.95. The Labute approximate surface area is 142 Å². The van der Waals surface area contributed by atoms with Gasteiger partial charge < -0.3 is 10.0 Å². The van der Waals surface area contributed by atoms with Crippen LogP contribution in [0.25, 0.3) is 0 Å². The first kappa shape index (κ1) is 16.6. The van der Waals surface area contributed by atoms with Crippen LogP contribution in [0.5, 0.6) is 5.75 Å². The molecule has 1 amide bonds. The van der Waals surface area contributed by atoms with Gasteiger partial charge in [0.2, 0.25) is 0 Å². The Morgan fingerprint density at radius 3 is 2.71 bits per heavy atom. The number of phenols is 1. The van der Waals surface area contributed by atoms with Crippen molar-refractivity contribution >= 4 is 5.91 Å². The molecule has 0 aliphatic carbocycles. The van der Waals surface area contributed by atoms with Gasteiger partial charge in [-0.05, 0) is 56.7 Å². The summed E-state index contributed by atoms with van der Waals surface area (Å²) in [5, 5.41) is 13.7.